The first-order valence-electron chi connectivity index (χ1n) is 6.29. The van der Waals surface area contributed by atoms with Crippen molar-refractivity contribution in [2.75, 3.05) is 0 Å². The van der Waals surface area contributed by atoms with Crippen molar-refractivity contribution in [3.63, 3.8) is 0 Å². The minimum Gasteiger partial charge on any atom is -0.388 e. The Bertz CT molecular complexity index is 622. The molecule has 90 valence electrons. The molecule has 0 aliphatic heterocycles. The van der Waals surface area contributed by atoms with Crippen LogP contribution in [0.1, 0.15) is 40.2 Å². The molecule has 0 spiro atoms. The maximum atomic E-state index is 10.6. The minimum absolute atomic E-state index is 0.0303. The van der Waals surface area contributed by atoms with Crippen LogP contribution in [0.5, 0.6) is 0 Å². The molecule has 0 fully saturated rings. The van der Waals surface area contributed by atoms with Crippen LogP contribution >= 0.6 is 11.6 Å². The number of hydrogen-bond donors (Lipinski definition) is 1. The second kappa shape index (κ2) is 3.59. The average Bonchev–Trinajstić information content (AvgIpc) is 2.63. The summed E-state index contributed by atoms with van der Waals surface area (Å²) in [6.45, 7) is 0. The highest BCUT2D eigenvalue weighted by molar-refractivity contribution is 6.22. The highest BCUT2D eigenvalue weighted by Gasteiger charge is 2.48. The minimum atomic E-state index is -0.483. The van der Waals surface area contributed by atoms with Crippen molar-refractivity contribution in [2.24, 2.45) is 0 Å². The van der Waals surface area contributed by atoms with Gasteiger partial charge in [0, 0.05) is 11.8 Å². The molecule has 1 N–H and O–H groups in total. The Morgan fingerprint density at radius 1 is 0.778 bits per heavy atom. The number of aliphatic hydroxyl groups excluding tert-OH is 1. The van der Waals surface area contributed by atoms with Gasteiger partial charge in [0.2, 0.25) is 0 Å². The first-order valence-corrected chi connectivity index (χ1v) is 6.72. The van der Waals surface area contributed by atoms with Crippen LogP contribution in [0.15, 0.2) is 48.5 Å². The van der Waals surface area contributed by atoms with Crippen LogP contribution in [-0.2, 0) is 0 Å². The largest absolute Gasteiger partial charge is 0.388 e. The Morgan fingerprint density at radius 2 is 1.28 bits per heavy atom. The maximum Gasteiger partial charge on any atom is 0.0876 e. The summed E-state index contributed by atoms with van der Waals surface area (Å²) >= 11 is 6.61. The molecule has 1 nitrogen and oxygen atoms in total. The van der Waals surface area contributed by atoms with Crippen LogP contribution < -0.4 is 0 Å². The van der Waals surface area contributed by atoms with E-state index in [1.807, 2.05) is 24.3 Å². The molecule has 0 saturated heterocycles. The van der Waals surface area contributed by atoms with Gasteiger partial charge in [0.05, 0.1) is 11.5 Å². The topological polar surface area (TPSA) is 20.2 Å². The zero-order chi connectivity index (χ0) is 12.3. The molecule has 0 radical (unpaired) electrons. The molecule has 2 bridgehead atoms. The van der Waals surface area contributed by atoms with E-state index < -0.39 is 6.10 Å². The normalized spacial score (nSPS) is 31.9. The summed E-state index contributed by atoms with van der Waals surface area (Å²) in [4.78, 5) is 0. The second-order valence-corrected chi connectivity index (χ2v) is 5.65. The molecule has 0 unspecified atom stereocenters. The number of aliphatic hydroxyl groups is 1. The van der Waals surface area contributed by atoms with Gasteiger partial charge in [-0.25, -0.2) is 0 Å². The SMILES string of the molecule is O[C@@H]1c2ccccc2[C@H]2c3ccccc3[C@H]1[C@@H]2Cl. The van der Waals surface area contributed by atoms with Crippen molar-refractivity contribution in [1.82, 2.24) is 0 Å². The van der Waals surface area contributed by atoms with Crippen LogP contribution in [0.4, 0.5) is 0 Å². The smallest absolute Gasteiger partial charge is 0.0876 e. The first-order chi connectivity index (χ1) is 8.79. The van der Waals surface area contributed by atoms with E-state index in [-0.39, 0.29) is 17.2 Å². The summed E-state index contributed by atoms with van der Waals surface area (Å²) in [7, 11) is 0. The molecular formula is C16H13ClO. The zero-order valence-electron chi connectivity index (χ0n) is 9.75. The summed E-state index contributed by atoms with van der Waals surface area (Å²) in [6, 6.07) is 16.5. The average molecular weight is 257 g/mol. The van der Waals surface area contributed by atoms with Crippen molar-refractivity contribution in [3.05, 3.63) is 70.8 Å². The van der Waals surface area contributed by atoms with Gasteiger partial charge in [-0.15, -0.1) is 11.6 Å². The predicted molar refractivity (Wildman–Crippen MR) is 72.1 cm³/mol. The van der Waals surface area contributed by atoms with Crippen molar-refractivity contribution in [3.8, 4) is 0 Å². The standard InChI is InChI=1S/C16H13ClO/c17-15-13-9-5-1-2-6-10(9)14(15)16(18)12-8-4-3-7-11(12)13/h1-8,13-16,18H/t13-,14+,15-,16-/m1/s1. The summed E-state index contributed by atoms with van der Waals surface area (Å²) in [5.74, 6) is 0.259. The van der Waals surface area contributed by atoms with E-state index in [1.165, 1.54) is 16.7 Å². The van der Waals surface area contributed by atoms with E-state index in [9.17, 15) is 5.11 Å². The third-order valence-corrected chi connectivity index (χ3v) is 4.87. The summed E-state index contributed by atoms with van der Waals surface area (Å²) < 4.78 is 0. The van der Waals surface area contributed by atoms with E-state index in [0.717, 1.165) is 5.56 Å². The van der Waals surface area contributed by atoms with E-state index in [0.29, 0.717) is 0 Å². The third kappa shape index (κ3) is 1.16. The van der Waals surface area contributed by atoms with Gasteiger partial charge in [-0.3, -0.25) is 0 Å². The van der Waals surface area contributed by atoms with Gasteiger partial charge in [-0.1, -0.05) is 48.5 Å². The van der Waals surface area contributed by atoms with Crippen LogP contribution in [0.2, 0.25) is 0 Å². The van der Waals surface area contributed by atoms with Crippen LogP contribution in [-0.4, -0.2) is 10.5 Å². The molecule has 2 aromatic rings. The number of fused-ring (bicyclic) bond motifs is 7. The maximum absolute atomic E-state index is 10.6. The molecule has 18 heavy (non-hydrogen) atoms. The number of alkyl halides is 1. The first kappa shape index (κ1) is 10.6. The van der Waals surface area contributed by atoms with Gasteiger partial charge in [-0.05, 0) is 22.3 Å². The zero-order valence-corrected chi connectivity index (χ0v) is 10.5. The highest BCUT2D eigenvalue weighted by Crippen LogP contribution is 2.57. The number of halogens is 1. The lowest BCUT2D eigenvalue weighted by Gasteiger charge is -2.32. The molecule has 0 saturated carbocycles. The van der Waals surface area contributed by atoms with Gasteiger partial charge in [0.15, 0.2) is 0 Å². The van der Waals surface area contributed by atoms with Gasteiger partial charge >= 0.3 is 0 Å². The Balaban J connectivity index is 2.04. The molecule has 0 amide bonds. The predicted octanol–water partition coefficient (Wildman–Crippen LogP) is 3.57. The number of rotatable bonds is 0. The van der Waals surface area contributed by atoms with E-state index in [1.54, 1.807) is 0 Å². The van der Waals surface area contributed by atoms with Crippen molar-refractivity contribution in [2.45, 2.75) is 23.3 Å². The lowest BCUT2D eigenvalue weighted by molar-refractivity contribution is 0.137. The molecule has 4 rings (SSSR count). The molecule has 0 aromatic heterocycles. The second-order valence-electron chi connectivity index (χ2n) is 5.15. The summed E-state index contributed by atoms with van der Waals surface area (Å²) in [5, 5.41) is 10.5. The molecule has 2 aromatic carbocycles. The number of benzene rings is 2. The van der Waals surface area contributed by atoms with Gasteiger partial charge in [-0.2, -0.15) is 0 Å². The lowest BCUT2D eigenvalue weighted by atomic mass is 9.79. The van der Waals surface area contributed by atoms with Crippen molar-refractivity contribution >= 4 is 11.6 Å². The van der Waals surface area contributed by atoms with Crippen molar-refractivity contribution in [1.29, 1.82) is 0 Å². The van der Waals surface area contributed by atoms with Crippen LogP contribution in [0.3, 0.4) is 0 Å². The van der Waals surface area contributed by atoms with Gasteiger partial charge < -0.3 is 5.11 Å². The number of hydrogen-bond acceptors (Lipinski definition) is 1. The Kier molecular flexibility index (Phi) is 2.12. The quantitative estimate of drug-likeness (QED) is 0.715. The fraction of sp³-hybridized carbons (Fsp3) is 0.250. The van der Waals surface area contributed by atoms with Gasteiger partial charge in [0.1, 0.15) is 0 Å². The molecule has 4 atom stereocenters. The Labute approximate surface area is 111 Å². The van der Waals surface area contributed by atoms with Crippen LogP contribution in [0.25, 0.3) is 0 Å². The van der Waals surface area contributed by atoms with Gasteiger partial charge in [0.25, 0.3) is 0 Å². The van der Waals surface area contributed by atoms with E-state index >= 15 is 0 Å². The molecule has 2 heteroatoms. The molecule has 2 aliphatic rings. The summed E-state index contributed by atoms with van der Waals surface area (Å²) in [6.07, 6.45) is -0.483. The van der Waals surface area contributed by atoms with Crippen LogP contribution in [0, 0.1) is 0 Å². The van der Waals surface area contributed by atoms with E-state index in [2.05, 4.69) is 24.3 Å². The fourth-order valence-electron chi connectivity index (χ4n) is 3.59. The lowest BCUT2D eigenvalue weighted by Crippen LogP contribution is -2.26. The Hall–Kier alpha value is -1.31. The fourth-order valence-corrected chi connectivity index (χ4v) is 4.13. The monoisotopic (exact) mass is 256 g/mol. The highest BCUT2D eigenvalue weighted by atomic mass is 35.5. The summed E-state index contributed by atoms with van der Waals surface area (Å²) in [5.41, 5.74) is 4.73. The molecular weight excluding hydrogens is 244 g/mol. The molecule has 2 aliphatic carbocycles. The van der Waals surface area contributed by atoms with Crippen molar-refractivity contribution < 1.29 is 5.11 Å². The molecule has 0 heterocycles. The van der Waals surface area contributed by atoms with E-state index in [4.69, 9.17) is 11.6 Å². The third-order valence-electron chi connectivity index (χ3n) is 4.34. The Morgan fingerprint density at radius 3 is 1.94 bits per heavy atom.